The summed E-state index contributed by atoms with van der Waals surface area (Å²) in [7, 11) is 2.70. The van der Waals surface area contributed by atoms with E-state index in [0.29, 0.717) is 19.3 Å². The van der Waals surface area contributed by atoms with Crippen LogP contribution >= 0.6 is 0 Å². The highest BCUT2D eigenvalue weighted by atomic mass is 16.5. The fourth-order valence-corrected chi connectivity index (χ4v) is 5.01. The fraction of sp³-hybridized carbons (Fsp3) is 0.529. The molecule has 0 aromatic heterocycles. The number of carboxylic acids is 1. The van der Waals surface area contributed by atoms with Crippen LogP contribution in [-0.4, -0.2) is 47.9 Å². The molecule has 0 fully saturated rings. The number of ketones is 2. The number of carbonyl (C=O) groups excluding carboxylic acids is 3. The molecule has 2 aromatic carbocycles. The van der Waals surface area contributed by atoms with Crippen LogP contribution in [0.3, 0.4) is 0 Å². The lowest BCUT2D eigenvalue weighted by atomic mass is 9.97. The summed E-state index contributed by atoms with van der Waals surface area (Å²) in [5.74, 6) is -2.69. The highest BCUT2D eigenvalue weighted by Crippen LogP contribution is 2.33. The molecule has 0 saturated carbocycles. The number of Topliss-reactive ketones (excluding diaryl/α,β-unsaturated/α-hetero) is 2. The molecular weight excluding hydrogens is 552 g/mol. The number of carbonyl (C=O) groups is 4. The Morgan fingerprint density at radius 1 is 0.651 bits per heavy atom. The predicted octanol–water partition coefficient (Wildman–Crippen LogP) is 7.27. The Labute approximate surface area is 254 Å². The van der Waals surface area contributed by atoms with Crippen molar-refractivity contribution in [1.29, 1.82) is 0 Å². The van der Waals surface area contributed by atoms with E-state index >= 15 is 0 Å². The highest BCUT2D eigenvalue weighted by Gasteiger charge is 2.25. The number of unbranched alkanes of at least 4 members (excludes halogenated alkanes) is 8. The van der Waals surface area contributed by atoms with Crippen LogP contribution in [0, 0.1) is 0 Å². The molecule has 43 heavy (non-hydrogen) atoms. The first-order valence-corrected chi connectivity index (χ1v) is 15.2. The second-order valence-corrected chi connectivity index (χ2v) is 10.8. The number of hydrogen-bond donors (Lipinski definition) is 2. The highest BCUT2D eigenvalue weighted by molar-refractivity contribution is 5.98. The molecule has 2 N–H and O–H groups in total. The quantitative estimate of drug-likeness (QED) is 0.0863. The first kappa shape index (κ1) is 35.3. The van der Waals surface area contributed by atoms with Crippen LogP contribution in [0.25, 0.3) is 0 Å². The maximum absolute atomic E-state index is 13.4. The minimum atomic E-state index is -1.27. The third-order valence-corrected chi connectivity index (χ3v) is 7.31. The molecule has 236 valence electrons. The average molecular weight is 599 g/mol. The van der Waals surface area contributed by atoms with E-state index in [1.807, 2.05) is 0 Å². The summed E-state index contributed by atoms with van der Waals surface area (Å²) in [4.78, 5) is 51.0. The molecule has 0 radical (unpaired) electrons. The van der Waals surface area contributed by atoms with Gasteiger partial charge in [-0.25, -0.2) is 9.59 Å². The van der Waals surface area contributed by atoms with Crippen molar-refractivity contribution in [3.05, 3.63) is 46.5 Å². The smallest absolute Gasteiger partial charge is 0.347 e. The van der Waals surface area contributed by atoms with E-state index < -0.39 is 17.7 Å². The number of hydrogen-bond acceptors (Lipinski definition) is 8. The maximum atomic E-state index is 13.4. The van der Waals surface area contributed by atoms with E-state index in [1.54, 1.807) is 0 Å². The van der Waals surface area contributed by atoms with E-state index in [-0.39, 0.29) is 63.9 Å². The zero-order valence-electron chi connectivity index (χ0n) is 26.0. The molecule has 0 amide bonds. The summed E-state index contributed by atoms with van der Waals surface area (Å²) < 4.78 is 16.1. The van der Waals surface area contributed by atoms with Gasteiger partial charge in [-0.1, -0.05) is 65.2 Å². The van der Waals surface area contributed by atoms with E-state index in [4.69, 9.17) is 14.2 Å². The van der Waals surface area contributed by atoms with E-state index in [0.717, 1.165) is 57.8 Å². The molecule has 0 unspecified atom stereocenters. The Hall–Kier alpha value is -3.88. The van der Waals surface area contributed by atoms with Crippen molar-refractivity contribution in [2.45, 2.75) is 104 Å². The number of rotatable bonds is 21. The molecule has 0 aliphatic heterocycles. The van der Waals surface area contributed by atoms with Gasteiger partial charge in [0.2, 0.25) is 0 Å². The largest absolute Gasteiger partial charge is 0.507 e. The van der Waals surface area contributed by atoms with Crippen LogP contribution in [0.2, 0.25) is 0 Å². The van der Waals surface area contributed by atoms with Gasteiger partial charge in [0, 0.05) is 37.8 Å². The molecule has 0 aliphatic carbocycles. The minimum Gasteiger partial charge on any atom is -0.507 e. The van der Waals surface area contributed by atoms with Crippen LogP contribution in [-0.2, 0) is 22.4 Å². The van der Waals surface area contributed by atoms with Crippen molar-refractivity contribution in [2.75, 3.05) is 14.2 Å². The molecule has 9 heteroatoms. The average Bonchev–Trinajstić information content (AvgIpc) is 2.96. The van der Waals surface area contributed by atoms with Gasteiger partial charge in [0.05, 0.1) is 14.2 Å². The molecule has 0 spiro atoms. The number of ether oxygens (including phenoxy) is 3. The van der Waals surface area contributed by atoms with E-state index in [1.165, 1.54) is 38.5 Å². The minimum absolute atomic E-state index is 0.0546. The monoisotopic (exact) mass is 598 g/mol. The Bertz CT molecular complexity index is 1250. The van der Waals surface area contributed by atoms with Gasteiger partial charge in [-0.15, -0.1) is 0 Å². The van der Waals surface area contributed by atoms with Crippen LogP contribution in [0.5, 0.6) is 23.0 Å². The molecule has 2 rings (SSSR count). The molecule has 0 aliphatic rings. The van der Waals surface area contributed by atoms with Crippen LogP contribution < -0.4 is 14.2 Å². The second-order valence-electron chi connectivity index (χ2n) is 10.8. The standard InChI is InChI=1S/C34H46O9/c1-5-7-9-11-13-15-25(35)17-23-19-27(41-3)21-29(37)31(23)34(40)43-28-20-24(32(33(38)39)30(22-28)42-4)18-26(36)16-14-12-10-8-6-2/h19-22,37H,5-18H2,1-4H3,(H,38,39). The number of aromatic hydroxyl groups is 1. The number of aromatic carboxylic acids is 1. The topological polar surface area (TPSA) is 136 Å². The van der Waals surface area contributed by atoms with E-state index in [9.17, 15) is 29.4 Å². The summed E-state index contributed by atoms with van der Waals surface area (Å²) in [5, 5.41) is 20.6. The summed E-state index contributed by atoms with van der Waals surface area (Å²) >= 11 is 0. The molecule has 9 nitrogen and oxygen atoms in total. The summed E-state index contributed by atoms with van der Waals surface area (Å²) in [6.07, 6.45) is 10.2. The fourth-order valence-electron chi connectivity index (χ4n) is 5.01. The Morgan fingerprint density at radius 3 is 1.65 bits per heavy atom. The van der Waals surface area contributed by atoms with Gasteiger partial charge >= 0.3 is 11.9 Å². The number of benzene rings is 2. The zero-order valence-corrected chi connectivity index (χ0v) is 26.0. The predicted molar refractivity (Wildman–Crippen MR) is 164 cm³/mol. The number of carboxylic acid groups (broad SMARTS) is 1. The molecular formula is C34H46O9. The van der Waals surface area contributed by atoms with Crippen molar-refractivity contribution in [3.8, 4) is 23.0 Å². The number of esters is 1. The van der Waals surface area contributed by atoms with Gasteiger partial charge in [0.1, 0.15) is 45.7 Å². The molecule has 0 saturated heterocycles. The SMILES string of the molecule is CCCCCCCC(=O)Cc1cc(OC)cc(O)c1C(=O)Oc1cc(CC(=O)CCCCCCC)c(C(=O)O)c(OC)c1. The van der Waals surface area contributed by atoms with Crippen LogP contribution in [0.4, 0.5) is 0 Å². The van der Waals surface area contributed by atoms with Crippen molar-refractivity contribution in [1.82, 2.24) is 0 Å². The molecule has 0 bridgehead atoms. The van der Waals surface area contributed by atoms with Crippen molar-refractivity contribution < 1.29 is 43.6 Å². The van der Waals surface area contributed by atoms with Gasteiger partial charge in [-0.2, -0.15) is 0 Å². The maximum Gasteiger partial charge on any atom is 0.347 e. The second kappa shape index (κ2) is 18.6. The lowest BCUT2D eigenvalue weighted by Crippen LogP contribution is -2.16. The van der Waals surface area contributed by atoms with Crippen LogP contribution in [0.1, 0.15) is 123 Å². The Balaban J connectivity index is 2.31. The van der Waals surface area contributed by atoms with Gasteiger partial charge in [0.15, 0.2) is 0 Å². The third-order valence-electron chi connectivity index (χ3n) is 7.31. The number of phenols is 1. The molecule has 2 aromatic rings. The third kappa shape index (κ3) is 11.4. The summed E-state index contributed by atoms with van der Waals surface area (Å²) in [5.41, 5.74) is 0.0453. The number of phenolic OH excluding ortho intramolecular Hbond substituents is 1. The van der Waals surface area contributed by atoms with Crippen molar-refractivity contribution >= 4 is 23.5 Å². The Morgan fingerprint density at radius 2 is 1.16 bits per heavy atom. The summed E-state index contributed by atoms with van der Waals surface area (Å²) in [6, 6.07) is 5.36. The van der Waals surface area contributed by atoms with Crippen molar-refractivity contribution in [3.63, 3.8) is 0 Å². The lowest BCUT2D eigenvalue weighted by molar-refractivity contribution is -0.119. The zero-order chi connectivity index (χ0) is 31.8. The molecule has 0 atom stereocenters. The number of methoxy groups -OCH3 is 2. The van der Waals surface area contributed by atoms with Gasteiger partial charge in [0.25, 0.3) is 0 Å². The van der Waals surface area contributed by atoms with Gasteiger partial charge < -0.3 is 24.4 Å². The van der Waals surface area contributed by atoms with Gasteiger partial charge in [-0.05, 0) is 36.1 Å². The lowest BCUT2D eigenvalue weighted by Gasteiger charge is -2.16. The molecule has 0 heterocycles. The summed E-state index contributed by atoms with van der Waals surface area (Å²) in [6.45, 7) is 4.23. The normalized spacial score (nSPS) is 10.8. The van der Waals surface area contributed by atoms with Crippen LogP contribution in [0.15, 0.2) is 24.3 Å². The first-order chi connectivity index (χ1) is 20.6. The Kier molecular flexibility index (Phi) is 15.3. The van der Waals surface area contributed by atoms with Crippen molar-refractivity contribution in [2.24, 2.45) is 0 Å². The van der Waals surface area contributed by atoms with Gasteiger partial charge in [-0.3, -0.25) is 9.59 Å². The van der Waals surface area contributed by atoms with E-state index in [2.05, 4.69) is 13.8 Å². The first-order valence-electron chi connectivity index (χ1n) is 15.2.